The molecule has 1 aliphatic rings. The zero-order chi connectivity index (χ0) is 20.6. The molecule has 1 aliphatic heterocycles. The second-order valence-corrected chi connectivity index (χ2v) is 7.65. The molecule has 1 heterocycles. The Morgan fingerprint density at radius 1 is 1.10 bits per heavy atom. The fraction of sp³-hybridized carbons (Fsp3) is 0.435. The molecule has 2 aromatic carbocycles. The number of carbonyl (C=O) groups excluding carboxylic acids is 1. The van der Waals surface area contributed by atoms with Crippen LogP contribution in [0.3, 0.4) is 0 Å². The standard InChI is InChI=1S/C23H32N4O2/c1-26(2)21(20-10-6-7-11-22(20)29-3)16-25-23(28)24-13-15-27-14-12-18-8-4-5-9-19(18)17-27/h4-11,21H,12-17H2,1-3H3,(H2,24,25,28). The topological polar surface area (TPSA) is 56.8 Å². The normalized spacial score (nSPS) is 14.9. The minimum Gasteiger partial charge on any atom is -0.496 e. The van der Waals surface area contributed by atoms with Crippen molar-refractivity contribution in [3.8, 4) is 5.75 Å². The first-order valence-corrected chi connectivity index (χ1v) is 10.2. The van der Waals surface area contributed by atoms with Crippen LogP contribution in [0.25, 0.3) is 0 Å². The lowest BCUT2D eigenvalue weighted by Gasteiger charge is -2.29. The Morgan fingerprint density at radius 3 is 2.59 bits per heavy atom. The number of urea groups is 1. The quantitative estimate of drug-likeness (QED) is 0.720. The van der Waals surface area contributed by atoms with E-state index in [0.717, 1.165) is 37.4 Å². The van der Waals surface area contributed by atoms with Gasteiger partial charge in [-0.05, 0) is 37.7 Å². The van der Waals surface area contributed by atoms with Gasteiger partial charge in [0.05, 0.1) is 13.2 Å². The molecule has 1 unspecified atom stereocenters. The fourth-order valence-corrected chi connectivity index (χ4v) is 3.84. The molecule has 0 spiro atoms. The first kappa shape index (κ1) is 21.1. The predicted molar refractivity (Wildman–Crippen MR) is 116 cm³/mol. The van der Waals surface area contributed by atoms with E-state index in [1.807, 2.05) is 38.4 Å². The molecule has 6 heteroatoms. The Hall–Kier alpha value is -2.57. The molecule has 2 N–H and O–H groups in total. The fourth-order valence-electron chi connectivity index (χ4n) is 3.84. The number of nitrogens with zero attached hydrogens (tertiary/aromatic N) is 2. The van der Waals surface area contributed by atoms with Crippen LogP contribution in [0.15, 0.2) is 48.5 Å². The number of rotatable bonds is 8. The van der Waals surface area contributed by atoms with Crippen LogP contribution in [0.5, 0.6) is 5.75 Å². The lowest BCUT2D eigenvalue weighted by Crippen LogP contribution is -2.43. The van der Waals surface area contributed by atoms with Crippen molar-refractivity contribution in [2.24, 2.45) is 0 Å². The van der Waals surface area contributed by atoms with E-state index in [-0.39, 0.29) is 12.1 Å². The molecule has 0 aliphatic carbocycles. The average Bonchev–Trinajstić information content (AvgIpc) is 2.74. The zero-order valence-electron chi connectivity index (χ0n) is 17.6. The van der Waals surface area contributed by atoms with Crippen molar-refractivity contribution in [3.05, 3.63) is 65.2 Å². The molecule has 0 saturated carbocycles. The Kier molecular flexibility index (Phi) is 7.49. The van der Waals surface area contributed by atoms with Gasteiger partial charge in [-0.2, -0.15) is 0 Å². The highest BCUT2D eigenvalue weighted by molar-refractivity contribution is 5.73. The lowest BCUT2D eigenvalue weighted by atomic mass is 10.00. The summed E-state index contributed by atoms with van der Waals surface area (Å²) in [6, 6.07) is 16.4. The van der Waals surface area contributed by atoms with Gasteiger partial charge in [-0.25, -0.2) is 4.79 Å². The molecule has 3 rings (SSSR count). The van der Waals surface area contributed by atoms with E-state index in [2.05, 4.69) is 44.7 Å². The smallest absolute Gasteiger partial charge is 0.314 e. The number of likely N-dealkylation sites (N-methyl/N-ethyl adjacent to an activating group) is 1. The van der Waals surface area contributed by atoms with Gasteiger partial charge < -0.3 is 20.3 Å². The number of benzene rings is 2. The van der Waals surface area contributed by atoms with Crippen molar-refractivity contribution >= 4 is 6.03 Å². The minimum atomic E-state index is -0.135. The number of amides is 2. The van der Waals surface area contributed by atoms with E-state index in [1.54, 1.807) is 7.11 Å². The maximum Gasteiger partial charge on any atom is 0.314 e. The van der Waals surface area contributed by atoms with Crippen LogP contribution in [0.2, 0.25) is 0 Å². The number of hydrogen-bond acceptors (Lipinski definition) is 4. The van der Waals surface area contributed by atoms with Gasteiger partial charge in [0.2, 0.25) is 0 Å². The Labute approximate surface area is 173 Å². The highest BCUT2D eigenvalue weighted by Gasteiger charge is 2.19. The summed E-state index contributed by atoms with van der Waals surface area (Å²) in [4.78, 5) is 16.8. The Balaban J connectivity index is 1.44. The van der Waals surface area contributed by atoms with Gasteiger partial charge in [0.15, 0.2) is 0 Å². The Morgan fingerprint density at radius 2 is 1.83 bits per heavy atom. The zero-order valence-corrected chi connectivity index (χ0v) is 17.6. The third-order valence-electron chi connectivity index (χ3n) is 5.50. The number of hydrogen-bond donors (Lipinski definition) is 2. The Bertz CT molecular complexity index is 809. The van der Waals surface area contributed by atoms with Gasteiger partial charge in [-0.15, -0.1) is 0 Å². The molecule has 0 bridgehead atoms. The van der Waals surface area contributed by atoms with E-state index in [9.17, 15) is 4.79 Å². The van der Waals surface area contributed by atoms with Crippen molar-refractivity contribution in [1.29, 1.82) is 0 Å². The van der Waals surface area contributed by atoms with Crippen molar-refractivity contribution < 1.29 is 9.53 Å². The molecule has 0 saturated heterocycles. The minimum absolute atomic E-state index is 0.0375. The van der Waals surface area contributed by atoms with Crippen LogP contribution in [0.4, 0.5) is 4.79 Å². The predicted octanol–water partition coefficient (Wildman–Crippen LogP) is 2.66. The highest BCUT2D eigenvalue weighted by atomic mass is 16.5. The van der Waals surface area contributed by atoms with E-state index in [0.29, 0.717) is 13.1 Å². The SMILES string of the molecule is COc1ccccc1C(CNC(=O)NCCN1CCc2ccccc2C1)N(C)C. The summed E-state index contributed by atoms with van der Waals surface area (Å²) in [6.45, 7) is 3.99. The molecule has 0 radical (unpaired) electrons. The molecular formula is C23H32N4O2. The van der Waals surface area contributed by atoms with Crippen molar-refractivity contribution in [2.75, 3.05) is 47.4 Å². The van der Waals surface area contributed by atoms with Crippen LogP contribution in [-0.4, -0.2) is 63.2 Å². The number of carbonyl (C=O) groups is 1. The molecular weight excluding hydrogens is 364 g/mol. The van der Waals surface area contributed by atoms with Gasteiger partial charge in [0.25, 0.3) is 0 Å². The summed E-state index contributed by atoms with van der Waals surface area (Å²) in [5.74, 6) is 0.832. The number of ether oxygens (including phenoxy) is 1. The van der Waals surface area contributed by atoms with Crippen LogP contribution in [0.1, 0.15) is 22.7 Å². The molecule has 6 nitrogen and oxygen atoms in total. The van der Waals surface area contributed by atoms with E-state index >= 15 is 0 Å². The first-order chi connectivity index (χ1) is 14.1. The van der Waals surface area contributed by atoms with Gasteiger partial charge in [-0.1, -0.05) is 42.5 Å². The summed E-state index contributed by atoms with van der Waals surface area (Å²) in [5.41, 5.74) is 3.90. The third-order valence-corrected chi connectivity index (χ3v) is 5.50. The highest BCUT2D eigenvalue weighted by Crippen LogP contribution is 2.27. The summed E-state index contributed by atoms with van der Waals surface area (Å²) in [5, 5.41) is 5.99. The molecule has 0 aromatic heterocycles. The molecule has 156 valence electrons. The molecule has 2 aromatic rings. The molecule has 0 fully saturated rings. The van der Waals surface area contributed by atoms with E-state index in [4.69, 9.17) is 4.74 Å². The first-order valence-electron chi connectivity index (χ1n) is 10.2. The van der Waals surface area contributed by atoms with Crippen LogP contribution >= 0.6 is 0 Å². The molecule has 29 heavy (non-hydrogen) atoms. The average molecular weight is 397 g/mol. The summed E-state index contributed by atoms with van der Waals surface area (Å²) in [7, 11) is 5.68. The van der Waals surface area contributed by atoms with E-state index < -0.39 is 0 Å². The summed E-state index contributed by atoms with van der Waals surface area (Å²) in [6.07, 6.45) is 1.08. The lowest BCUT2D eigenvalue weighted by molar-refractivity contribution is 0.224. The number of fused-ring (bicyclic) bond motifs is 1. The second kappa shape index (κ2) is 10.3. The van der Waals surface area contributed by atoms with Gasteiger partial charge in [0.1, 0.15) is 5.75 Å². The maximum absolute atomic E-state index is 12.3. The molecule has 1 atom stereocenters. The maximum atomic E-state index is 12.3. The van der Waals surface area contributed by atoms with Gasteiger partial charge in [-0.3, -0.25) is 4.90 Å². The number of para-hydroxylation sites is 1. The van der Waals surface area contributed by atoms with Gasteiger partial charge in [0, 0.05) is 38.3 Å². The molecule has 2 amide bonds. The van der Waals surface area contributed by atoms with Crippen LogP contribution < -0.4 is 15.4 Å². The van der Waals surface area contributed by atoms with Crippen molar-refractivity contribution in [1.82, 2.24) is 20.4 Å². The number of nitrogens with one attached hydrogen (secondary N) is 2. The summed E-state index contributed by atoms with van der Waals surface area (Å²) < 4.78 is 5.48. The van der Waals surface area contributed by atoms with E-state index in [1.165, 1.54) is 11.1 Å². The van der Waals surface area contributed by atoms with Crippen LogP contribution in [0, 0.1) is 0 Å². The van der Waals surface area contributed by atoms with Gasteiger partial charge >= 0.3 is 6.03 Å². The third kappa shape index (κ3) is 5.71. The van der Waals surface area contributed by atoms with Crippen molar-refractivity contribution in [3.63, 3.8) is 0 Å². The van der Waals surface area contributed by atoms with Crippen LogP contribution in [-0.2, 0) is 13.0 Å². The number of methoxy groups -OCH3 is 1. The summed E-state index contributed by atoms with van der Waals surface area (Å²) >= 11 is 0. The van der Waals surface area contributed by atoms with Crippen molar-refractivity contribution in [2.45, 2.75) is 19.0 Å². The largest absolute Gasteiger partial charge is 0.496 e. The monoisotopic (exact) mass is 396 g/mol. The second-order valence-electron chi connectivity index (χ2n) is 7.65.